The van der Waals surface area contributed by atoms with Crippen LogP contribution in [0.4, 0.5) is 5.82 Å². The summed E-state index contributed by atoms with van der Waals surface area (Å²) in [6.45, 7) is 1.96. The molecule has 1 aliphatic rings. The zero-order valence-corrected chi connectivity index (χ0v) is 10.7. The van der Waals surface area contributed by atoms with Crippen molar-refractivity contribution in [3.05, 3.63) is 23.9 Å². The number of aromatic nitrogens is 1. The van der Waals surface area contributed by atoms with Crippen LogP contribution in [-0.2, 0) is 14.4 Å². The van der Waals surface area contributed by atoms with E-state index < -0.39 is 0 Å². The van der Waals surface area contributed by atoms with Gasteiger partial charge >= 0.3 is 0 Å². The normalized spacial score (nSPS) is 14.9. The van der Waals surface area contributed by atoms with Gasteiger partial charge in [-0.3, -0.25) is 19.3 Å². The molecule has 100 valence electrons. The van der Waals surface area contributed by atoms with Crippen LogP contribution in [0.2, 0.25) is 0 Å². The van der Waals surface area contributed by atoms with Gasteiger partial charge in [0.05, 0.1) is 0 Å². The number of hydrogen-bond acceptors (Lipinski definition) is 4. The zero-order valence-electron chi connectivity index (χ0n) is 10.7. The van der Waals surface area contributed by atoms with Gasteiger partial charge < -0.3 is 5.32 Å². The predicted octanol–water partition coefficient (Wildman–Crippen LogP) is 0.868. The minimum absolute atomic E-state index is 0.0904. The molecule has 1 aliphatic heterocycles. The zero-order chi connectivity index (χ0) is 13.8. The Morgan fingerprint density at radius 2 is 2.00 bits per heavy atom. The monoisotopic (exact) mass is 261 g/mol. The minimum atomic E-state index is -0.259. The molecule has 1 saturated heterocycles. The highest BCUT2D eigenvalue weighted by molar-refractivity contribution is 6.02. The number of carbonyl (C=O) groups is 3. The van der Waals surface area contributed by atoms with E-state index in [1.54, 1.807) is 12.1 Å². The van der Waals surface area contributed by atoms with Gasteiger partial charge in [0.15, 0.2) is 0 Å². The number of nitrogens with one attached hydrogen (secondary N) is 1. The number of hydrogen-bond donors (Lipinski definition) is 1. The van der Waals surface area contributed by atoms with Gasteiger partial charge in [0.2, 0.25) is 17.7 Å². The Balaban J connectivity index is 1.85. The number of aryl methyl sites for hydroxylation is 1. The first-order chi connectivity index (χ1) is 9.06. The van der Waals surface area contributed by atoms with Gasteiger partial charge in [0.1, 0.15) is 5.82 Å². The van der Waals surface area contributed by atoms with Crippen molar-refractivity contribution < 1.29 is 14.4 Å². The molecule has 6 heteroatoms. The maximum Gasteiger partial charge on any atom is 0.229 e. The molecule has 0 unspecified atom stereocenters. The van der Waals surface area contributed by atoms with E-state index in [2.05, 4.69) is 10.3 Å². The van der Waals surface area contributed by atoms with E-state index in [1.807, 2.05) is 13.0 Å². The molecule has 1 N–H and O–H groups in total. The van der Waals surface area contributed by atoms with E-state index >= 15 is 0 Å². The van der Waals surface area contributed by atoms with Crippen molar-refractivity contribution in [3.63, 3.8) is 0 Å². The quantitative estimate of drug-likeness (QED) is 0.815. The van der Waals surface area contributed by atoms with Gasteiger partial charge in [-0.15, -0.1) is 0 Å². The number of rotatable bonds is 4. The van der Waals surface area contributed by atoms with Crippen LogP contribution >= 0.6 is 0 Å². The molecule has 0 aliphatic carbocycles. The Hall–Kier alpha value is -2.24. The Bertz CT molecular complexity index is 512. The maximum absolute atomic E-state index is 11.7. The second-order valence-corrected chi connectivity index (χ2v) is 4.40. The molecule has 1 aromatic heterocycles. The highest BCUT2D eigenvalue weighted by Crippen LogP contribution is 2.12. The summed E-state index contributed by atoms with van der Waals surface area (Å²) in [7, 11) is 0. The molecule has 0 aromatic carbocycles. The molecule has 0 radical (unpaired) electrons. The van der Waals surface area contributed by atoms with Crippen LogP contribution in [0.1, 0.15) is 25.0 Å². The highest BCUT2D eigenvalue weighted by Gasteiger charge is 2.28. The molecule has 2 heterocycles. The summed E-state index contributed by atoms with van der Waals surface area (Å²) in [6, 6.07) is 5.32. The van der Waals surface area contributed by atoms with Gasteiger partial charge in [-0.1, -0.05) is 6.07 Å². The van der Waals surface area contributed by atoms with E-state index in [9.17, 15) is 14.4 Å². The smallest absolute Gasteiger partial charge is 0.229 e. The fraction of sp³-hybridized carbons (Fsp3) is 0.385. The molecule has 19 heavy (non-hydrogen) atoms. The SMILES string of the molecule is Cc1cccc(NC(=O)CCN2C(=O)CCC2=O)n1. The van der Waals surface area contributed by atoms with E-state index in [-0.39, 0.29) is 43.5 Å². The van der Waals surface area contributed by atoms with Gasteiger partial charge in [0.25, 0.3) is 0 Å². The lowest BCUT2D eigenvalue weighted by atomic mass is 10.3. The number of likely N-dealkylation sites (tertiary alicyclic amines) is 1. The first-order valence-electron chi connectivity index (χ1n) is 6.13. The van der Waals surface area contributed by atoms with Gasteiger partial charge in [-0.25, -0.2) is 4.98 Å². The number of pyridine rings is 1. The Labute approximate surface area is 110 Å². The largest absolute Gasteiger partial charge is 0.311 e. The van der Waals surface area contributed by atoms with Gasteiger partial charge in [-0.2, -0.15) is 0 Å². The van der Waals surface area contributed by atoms with Crippen molar-refractivity contribution in [1.82, 2.24) is 9.88 Å². The summed E-state index contributed by atoms with van der Waals surface area (Å²) >= 11 is 0. The molecule has 1 fully saturated rings. The van der Waals surface area contributed by atoms with Crippen LogP contribution in [0.25, 0.3) is 0 Å². The van der Waals surface area contributed by atoms with Crippen LogP contribution in [0.3, 0.4) is 0 Å². The maximum atomic E-state index is 11.7. The van der Waals surface area contributed by atoms with E-state index in [0.29, 0.717) is 5.82 Å². The number of anilines is 1. The average molecular weight is 261 g/mol. The third kappa shape index (κ3) is 3.37. The van der Waals surface area contributed by atoms with Crippen LogP contribution in [0.15, 0.2) is 18.2 Å². The summed E-state index contributed by atoms with van der Waals surface area (Å²) in [5.74, 6) is -0.187. The van der Waals surface area contributed by atoms with Crippen LogP contribution in [0, 0.1) is 6.92 Å². The second kappa shape index (κ2) is 5.60. The second-order valence-electron chi connectivity index (χ2n) is 4.40. The van der Waals surface area contributed by atoms with Crippen molar-refractivity contribution in [3.8, 4) is 0 Å². The topological polar surface area (TPSA) is 79.4 Å². The Morgan fingerprint density at radius 1 is 1.32 bits per heavy atom. The van der Waals surface area contributed by atoms with Crippen molar-refractivity contribution in [2.24, 2.45) is 0 Å². The fourth-order valence-corrected chi connectivity index (χ4v) is 1.90. The number of carbonyl (C=O) groups excluding carboxylic acids is 3. The van der Waals surface area contributed by atoms with Gasteiger partial charge in [-0.05, 0) is 19.1 Å². The summed E-state index contributed by atoms with van der Waals surface area (Å²) in [4.78, 5) is 39.7. The minimum Gasteiger partial charge on any atom is -0.311 e. The lowest BCUT2D eigenvalue weighted by Gasteiger charge is -2.13. The molecular weight excluding hydrogens is 246 g/mol. The molecule has 2 rings (SSSR count). The molecule has 6 nitrogen and oxygen atoms in total. The van der Waals surface area contributed by atoms with Crippen molar-refractivity contribution >= 4 is 23.5 Å². The number of amides is 3. The van der Waals surface area contributed by atoms with E-state index in [0.717, 1.165) is 10.6 Å². The lowest BCUT2D eigenvalue weighted by Crippen LogP contribution is -2.32. The van der Waals surface area contributed by atoms with Crippen LogP contribution < -0.4 is 5.32 Å². The first-order valence-corrected chi connectivity index (χ1v) is 6.13. The summed E-state index contributed by atoms with van der Waals surface area (Å²) in [6.07, 6.45) is 0.590. The summed E-state index contributed by atoms with van der Waals surface area (Å²) in [5.41, 5.74) is 0.808. The third-order valence-electron chi connectivity index (χ3n) is 2.87. The van der Waals surface area contributed by atoms with Crippen molar-refractivity contribution in [1.29, 1.82) is 0 Å². The molecular formula is C13H15N3O3. The molecule has 0 bridgehead atoms. The molecule has 0 saturated carbocycles. The average Bonchev–Trinajstić information content (AvgIpc) is 2.67. The van der Waals surface area contributed by atoms with Crippen molar-refractivity contribution in [2.45, 2.75) is 26.2 Å². The first kappa shape index (κ1) is 13.2. The highest BCUT2D eigenvalue weighted by atomic mass is 16.2. The standard InChI is InChI=1S/C13H15N3O3/c1-9-3-2-4-10(14-9)15-11(17)7-8-16-12(18)5-6-13(16)19/h2-4H,5-8H2,1H3,(H,14,15,17). The van der Waals surface area contributed by atoms with Crippen molar-refractivity contribution in [2.75, 3.05) is 11.9 Å². The summed E-state index contributed by atoms with van der Waals surface area (Å²) < 4.78 is 0. The van der Waals surface area contributed by atoms with E-state index in [1.165, 1.54) is 0 Å². The summed E-state index contributed by atoms with van der Waals surface area (Å²) in [5, 5.41) is 2.64. The van der Waals surface area contributed by atoms with Gasteiger partial charge in [0, 0.05) is 31.5 Å². The van der Waals surface area contributed by atoms with Crippen LogP contribution in [-0.4, -0.2) is 34.2 Å². The molecule has 0 atom stereocenters. The number of imide groups is 1. The molecule has 1 aromatic rings. The Kier molecular flexibility index (Phi) is 3.89. The van der Waals surface area contributed by atoms with Crippen LogP contribution in [0.5, 0.6) is 0 Å². The fourth-order valence-electron chi connectivity index (χ4n) is 1.90. The third-order valence-corrected chi connectivity index (χ3v) is 2.87. The molecule has 0 spiro atoms. The lowest BCUT2D eigenvalue weighted by molar-refractivity contribution is -0.138. The molecule has 3 amide bonds. The number of nitrogens with zero attached hydrogens (tertiary/aromatic N) is 2. The van der Waals surface area contributed by atoms with E-state index in [4.69, 9.17) is 0 Å². The Morgan fingerprint density at radius 3 is 2.63 bits per heavy atom. The predicted molar refractivity (Wildman–Crippen MR) is 68.2 cm³/mol.